The highest BCUT2D eigenvalue weighted by Gasteiger charge is 2.20. The van der Waals surface area contributed by atoms with Gasteiger partial charge in [-0.3, -0.25) is 4.79 Å². The van der Waals surface area contributed by atoms with Gasteiger partial charge in [-0.2, -0.15) is 0 Å². The second kappa shape index (κ2) is 6.37. The Bertz CT molecular complexity index is 481. The van der Waals surface area contributed by atoms with Crippen LogP contribution in [0.5, 0.6) is 5.75 Å². The lowest BCUT2D eigenvalue weighted by molar-refractivity contribution is 0.0313. The van der Waals surface area contributed by atoms with Crippen LogP contribution in [-0.4, -0.2) is 38.2 Å². The zero-order valence-corrected chi connectivity index (χ0v) is 11.7. The largest absolute Gasteiger partial charge is 0.492 e. The van der Waals surface area contributed by atoms with Gasteiger partial charge in [0.2, 0.25) is 0 Å². The van der Waals surface area contributed by atoms with Gasteiger partial charge in [0.05, 0.1) is 24.9 Å². The van der Waals surface area contributed by atoms with Crippen molar-refractivity contribution in [2.45, 2.75) is 31.8 Å². The molecule has 4 nitrogen and oxygen atoms in total. The fourth-order valence-electron chi connectivity index (χ4n) is 2.85. The number of nitrogens with one attached hydrogen (secondary N) is 1. The summed E-state index contributed by atoms with van der Waals surface area (Å²) in [6.07, 6.45) is 3.73. The fraction of sp³-hybridized carbons (Fsp3) is 0.562. The van der Waals surface area contributed by atoms with Crippen LogP contribution < -0.4 is 10.1 Å². The SMILES string of the molecule is O=C(CCOC1CCNCC1)c1cccc2c1OCC2. The average molecular weight is 275 g/mol. The third kappa shape index (κ3) is 3.02. The Labute approximate surface area is 119 Å². The van der Waals surface area contributed by atoms with Crippen LogP contribution in [0.15, 0.2) is 18.2 Å². The van der Waals surface area contributed by atoms with E-state index in [0.717, 1.165) is 43.7 Å². The van der Waals surface area contributed by atoms with Crippen LogP contribution in [0.4, 0.5) is 0 Å². The second-order valence-electron chi connectivity index (χ2n) is 5.39. The van der Waals surface area contributed by atoms with E-state index in [0.29, 0.717) is 31.3 Å². The van der Waals surface area contributed by atoms with Crippen LogP contribution in [0, 0.1) is 0 Å². The predicted molar refractivity (Wildman–Crippen MR) is 76.4 cm³/mol. The third-order valence-electron chi connectivity index (χ3n) is 3.98. The molecule has 1 N–H and O–H groups in total. The molecule has 1 aromatic rings. The summed E-state index contributed by atoms with van der Waals surface area (Å²) in [6, 6.07) is 5.83. The molecule has 0 atom stereocenters. The van der Waals surface area contributed by atoms with Crippen molar-refractivity contribution in [3.63, 3.8) is 0 Å². The molecule has 1 saturated heterocycles. The van der Waals surface area contributed by atoms with E-state index >= 15 is 0 Å². The molecule has 0 radical (unpaired) electrons. The first-order valence-electron chi connectivity index (χ1n) is 7.45. The fourth-order valence-corrected chi connectivity index (χ4v) is 2.85. The van der Waals surface area contributed by atoms with Crippen molar-refractivity contribution in [3.8, 4) is 5.75 Å². The Kier molecular flexibility index (Phi) is 4.33. The minimum atomic E-state index is 0.123. The number of hydrogen-bond acceptors (Lipinski definition) is 4. The van der Waals surface area contributed by atoms with Gasteiger partial charge in [0, 0.05) is 12.8 Å². The number of para-hydroxylation sites is 1. The maximum atomic E-state index is 12.3. The molecule has 3 rings (SSSR count). The molecule has 0 saturated carbocycles. The molecule has 0 aromatic heterocycles. The number of hydrogen-bond donors (Lipinski definition) is 1. The lowest BCUT2D eigenvalue weighted by Gasteiger charge is -2.22. The van der Waals surface area contributed by atoms with Gasteiger partial charge < -0.3 is 14.8 Å². The van der Waals surface area contributed by atoms with E-state index in [2.05, 4.69) is 5.32 Å². The highest BCUT2D eigenvalue weighted by atomic mass is 16.5. The predicted octanol–water partition coefficient (Wildman–Crippen LogP) is 1.96. The first-order chi connectivity index (χ1) is 9.84. The number of rotatable bonds is 5. The highest BCUT2D eigenvalue weighted by Crippen LogP contribution is 2.30. The van der Waals surface area contributed by atoms with Gasteiger partial charge in [0.25, 0.3) is 0 Å². The molecular weight excluding hydrogens is 254 g/mol. The number of Topliss-reactive ketones (excluding diaryl/α,β-unsaturated/α-hetero) is 1. The lowest BCUT2D eigenvalue weighted by Crippen LogP contribution is -2.32. The highest BCUT2D eigenvalue weighted by molar-refractivity contribution is 5.99. The van der Waals surface area contributed by atoms with Gasteiger partial charge >= 0.3 is 0 Å². The van der Waals surface area contributed by atoms with Crippen molar-refractivity contribution in [1.82, 2.24) is 5.32 Å². The van der Waals surface area contributed by atoms with Gasteiger partial charge in [-0.15, -0.1) is 0 Å². The van der Waals surface area contributed by atoms with Gasteiger partial charge in [-0.05, 0) is 37.6 Å². The standard InChI is InChI=1S/C16H21NO3/c18-15(7-11-19-13-4-8-17-9-5-13)14-3-1-2-12-6-10-20-16(12)14/h1-3,13,17H,4-11H2. The zero-order chi connectivity index (χ0) is 13.8. The number of fused-ring (bicyclic) bond motifs is 1. The van der Waals surface area contributed by atoms with E-state index in [-0.39, 0.29) is 5.78 Å². The van der Waals surface area contributed by atoms with Crippen molar-refractivity contribution in [3.05, 3.63) is 29.3 Å². The summed E-state index contributed by atoms with van der Waals surface area (Å²) in [5, 5.41) is 3.30. The Balaban J connectivity index is 1.53. The van der Waals surface area contributed by atoms with Crippen molar-refractivity contribution in [2.75, 3.05) is 26.3 Å². The minimum Gasteiger partial charge on any atom is -0.492 e. The summed E-state index contributed by atoms with van der Waals surface area (Å²) in [7, 11) is 0. The van der Waals surface area contributed by atoms with Crippen LogP contribution in [-0.2, 0) is 11.2 Å². The molecule has 2 heterocycles. The van der Waals surface area contributed by atoms with Crippen LogP contribution in [0.3, 0.4) is 0 Å². The lowest BCUT2D eigenvalue weighted by atomic mass is 10.0. The van der Waals surface area contributed by atoms with E-state index in [1.54, 1.807) is 0 Å². The molecule has 2 aliphatic rings. The van der Waals surface area contributed by atoms with Crippen molar-refractivity contribution < 1.29 is 14.3 Å². The van der Waals surface area contributed by atoms with E-state index in [1.165, 1.54) is 0 Å². The first kappa shape index (κ1) is 13.6. The maximum absolute atomic E-state index is 12.3. The van der Waals surface area contributed by atoms with Crippen molar-refractivity contribution in [2.24, 2.45) is 0 Å². The molecule has 0 spiro atoms. The zero-order valence-electron chi connectivity index (χ0n) is 11.7. The van der Waals surface area contributed by atoms with Crippen LogP contribution in [0.2, 0.25) is 0 Å². The Morgan fingerprint density at radius 2 is 2.20 bits per heavy atom. The minimum absolute atomic E-state index is 0.123. The molecule has 2 aliphatic heterocycles. The first-order valence-corrected chi connectivity index (χ1v) is 7.45. The summed E-state index contributed by atoms with van der Waals surface area (Å²) in [5.41, 5.74) is 1.86. The molecule has 20 heavy (non-hydrogen) atoms. The smallest absolute Gasteiger partial charge is 0.168 e. The summed E-state index contributed by atoms with van der Waals surface area (Å²) in [6.45, 7) is 3.22. The molecule has 0 bridgehead atoms. The maximum Gasteiger partial charge on any atom is 0.168 e. The quantitative estimate of drug-likeness (QED) is 0.835. The summed E-state index contributed by atoms with van der Waals surface area (Å²) in [4.78, 5) is 12.3. The number of carbonyl (C=O) groups excluding carboxylic acids is 1. The van der Waals surface area contributed by atoms with Gasteiger partial charge in [0.1, 0.15) is 5.75 Å². The Morgan fingerprint density at radius 3 is 3.05 bits per heavy atom. The van der Waals surface area contributed by atoms with Gasteiger partial charge in [0.15, 0.2) is 5.78 Å². The summed E-state index contributed by atoms with van der Waals surface area (Å²) < 4.78 is 11.4. The summed E-state index contributed by atoms with van der Waals surface area (Å²) in [5.74, 6) is 0.914. The number of ketones is 1. The van der Waals surface area contributed by atoms with E-state index in [1.807, 2.05) is 18.2 Å². The van der Waals surface area contributed by atoms with Crippen LogP contribution in [0.25, 0.3) is 0 Å². The summed E-state index contributed by atoms with van der Waals surface area (Å²) >= 11 is 0. The Hall–Kier alpha value is -1.39. The molecule has 1 aromatic carbocycles. The molecule has 1 fully saturated rings. The third-order valence-corrected chi connectivity index (χ3v) is 3.98. The normalized spacial score (nSPS) is 18.6. The van der Waals surface area contributed by atoms with Crippen molar-refractivity contribution >= 4 is 5.78 Å². The molecular formula is C16H21NO3. The molecule has 108 valence electrons. The van der Waals surface area contributed by atoms with Gasteiger partial charge in [-0.1, -0.05) is 12.1 Å². The number of piperidine rings is 1. The average Bonchev–Trinajstić information content (AvgIpc) is 2.96. The van der Waals surface area contributed by atoms with Crippen LogP contribution in [0.1, 0.15) is 35.2 Å². The number of ether oxygens (including phenoxy) is 2. The number of benzene rings is 1. The molecule has 4 heteroatoms. The second-order valence-corrected chi connectivity index (χ2v) is 5.39. The Morgan fingerprint density at radius 1 is 1.35 bits per heavy atom. The topological polar surface area (TPSA) is 47.6 Å². The van der Waals surface area contributed by atoms with E-state index < -0.39 is 0 Å². The molecule has 0 amide bonds. The van der Waals surface area contributed by atoms with E-state index in [9.17, 15) is 4.79 Å². The van der Waals surface area contributed by atoms with E-state index in [4.69, 9.17) is 9.47 Å². The number of carbonyl (C=O) groups is 1. The van der Waals surface area contributed by atoms with Crippen molar-refractivity contribution in [1.29, 1.82) is 0 Å². The molecule has 0 unspecified atom stereocenters. The van der Waals surface area contributed by atoms with Crippen LogP contribution >= 0.6 is 0 Å². The monoisotopic (exact) mass is 275 g/mol. The van der Waals surface area contributed by atoms with Gasteiger partial charge in [-0.25, -0.2) is 0 Å². The molecule has 0 aliphatic carbocycles.